The van der Waals surface area contributed by atoms with Gasteiger partial charge in [0.05, 0.1) is 39.9 Å². The van der Waals surface area contributed by atoms with Gasteiger partial charge in [0, 0.05) is 12.5 Å². The van der Waals surface area contributed by atoms with Crippen LogP contribution < -0.4 is 5.32 Å². The highest BCUT2D eigenvalue weighted by Gasteiger charge is 2.29. The SMILES string of the molecule is COCC(C)(CC(=O)O)NC(=O)Cc1csc(-c2ccc(Cl)s2)n1. The quantitative estimate of drug-likeness (QED) is 0.725. The topological polar surface area (TPSA) is 88.5 Å². The summed E-state index contributed by atoms with van der Waals surface area (Å²) in [7, 11) is 1.46. The number of thiazole rings is 1. The second kappa shape index (κ2) is 8.06. The summed E-state index contributed by atoms with van der Waals surface area (Å²) in [6.45, 7) is 1.75. The summed E-state index contributed by atoms with van der Waals surface area (Å²) in [6.07, 6.45) is -0.142. The zero-order chi connectivity index (χ0) is 17.7. The molecular formula is C15H17ClN2O4S2. The molecule has 0 spiro atoms. The summed E-state index contributed by atoms with van der Waals surface area (Å²) in [5.74, 6) is -1.29. The lowest BCUT2D eigenvalue weighted by molar-refractivity contribution is -0.139. The maximum Gasteiger partial charge on any atom is 0.305 e. The predicted octanol–water partition coefficient (Wildman–Crippen LogP) is 3.06. The standard InChI is InChI=1S/C15H17ClN2O4S2/c1-15(8-22-2,6-13(20)21)18-12(19)5-9-7-23-14(17-9)10-3-4-11(16)24-10/h3-4,7H,5-6,8H2,1-2H3,(H,18,19)(H,20,21). The van der Waals surface area contributed by atoms with Crippen LogP contribution in [0.2, 0.25) is 4.34 Å². The molecule has 2 rings (SSSR count). The lowest BCUT2D eigenvalue weighted by Gasteiger charge is -2.28. The lowest BCUT2D eigenvalue weighted by atomic mass is 9.98. The van der Waals surface area contributed by atoms with E-state index in [0.29, 0.717) is 10.0 Å². The lowest BCUT2D eigenvalue weighted by Crippen LogP contribution is -2.51. The third-order valence-electron chi connectivity index (χ3n) is 3.12. The molecule has 0 radical (unpaired) electrons. The molecule has 0 saturated carbocycles. The molecule has 0 aliphatic heterocycles. The number of hydrogen-bond donors (Lipinski definition) is 2. The number of carboxylic acids is 1. The van der Waals surface area contributed by atoms with Crippen LogP contribution in [0.1, 0.15) is 19.0 Å². The number of thiophene rings is 1. The molecule has 1 unspecified atom stereocenters. The fourth-order valence-electron chi connectivity index (χ4n) is 2.26. The van der Waals surface area contributed by atoms with Crippen LogP contribution in [0.25, 0.3) is 9.88 Å². The number of amides is 1. The molecule has 2 aromatic rings. The molecule has 130 valence electrons. The first-order chi connectivity index (χ1) is 11.3. The number of nitrogens with one attached hydrogen (secondary N) is 1. The Morgan fingerprint density at radius 2 is 2.21 bits per heavy atom. The molecule has 0 saturated heterocycles. The van der Waals surface area contributed by atoms with Crippen LogP contribution in [-0.2, 0) is 20.7 Å². The number of nitrogens with zero attached hydrogens (tertiary/aromatic N) is 1. The minimum atomic E-state index is -1.000. The first kappa shape index (κ1) is 18.9. The molecule has 0 aliphatic carbocycles. The minimum Gasteiger partial charge on any atom is -0.481 e. The molecule has 0 fully saturated rings. The summed E-state index contributed by atoms with van der Waals surface area (Å²) < 4.78 is 5.70. The first-order valence-corrected chi connectivity index (χ1v) is 9.10. The average Bonchev–Trinajstić information content (AvgIpc) is 3.06. The van der Waals surface area contributed by atoms with Crippen LogP contribution in [-0.4, -0.2) is 41.2 Å². The summed E-state index contributed by atoms with van der Waals surface area (Å²) in [4.78, 5) is 28.6. The second-order valence-corrected chi connectivity index (χ2v) is 8.11. The van der Waals surface area contributed by atoms with Crippen molar-refractivity contribution >= 4 is 46.2 Å². The van der Waals surface area contributed by atoms with E-state index >= 15 is 0 Å². The number of ether oxygens (including phenoxy) is 1. The largest absolute Gasteiger partial charge is 0.481 e. The predicted molar refractivity (Wildman–Crippen MR) is 94.8 cm³/mol. The number of aromatic nitrogens is 1. The van der Waals surface area contributed by atoms with Crippen LogP contribution in [0, 0.1) is 0 Å². The summed E-state index contributed by atoms with van der Waals surface area (Å²) in [6, 6.07) is 3.69. The van der Waals surface area contributed by atoms with Crippen molar-refractivity contribution in [2.24, 2.45) is 0 Å². The van der Waals surface area contributed by atoms with Crippen LogP contribution in [0.15, 0.2) is 17.5 Å². The highest BCUT2D eigenvalue weighted by atomic mass is 35.5. The van der Waals surface area contributed by atoms with Gasteiger partial charge in [-0.15, -0.1) is 22.7 Å². The maximum atomic E-state index is 12.2. The van der Waals surface area contributed by atoms with E-state index in [0.717, 1.165) is 9.88 Å². The molecule has 0 bridgehead atoms. The van der Waals surface area contributed by atoms with Crippen molar-refractivity contribution in [1.82, 2.24) is 10.3 Å². The van der Waals surface area contributed by atoms with Gasteiger partial charge in [-0.05, 0) is 19.1 Å². The second-order valence-electron chi connectivity index (χ2n) is 5.54. The third-order valence-corrected chi connectivity index (χ3v) is 5.41. The molecule has 1 amide bonds. The van der Waals surface area contributed by atoms with E-state index in [1.54, 1.807) is 13.0 Å². The number of hydrogen-bond acceptors (Lipinski definition) is 6. The number of halogens is 1. The van der Waals surface area contributed by atoms with E-state index in [1.165, 1.54) is 29.8 Å². The van der Waals surface area contributed by atoms with Gasteiger partial charge in [0.2, 0.25) is 5.91 Å². The summed E-state index contributed by atoms with van der Waals surface area (Å²) >= 11 is 8.78. The molecule has 0 aliphatic rings. The van der Waals surface area contributed by atoms with Crippen molar-refractivity contribution in [3.63, 3.8) is 0 Å². The van der Waals surface area contributed by atoms with Crippen molar-refractivity contribution in [1.29, 1.82) is 0 Å². The van der Waals surface area contributed by atoms with E-state index < -0.39 is 11.5 Å². The van der Waals surface area contributed by atoms with Crippen molar-refractivity contribution in [2.45, 2.75) is 25.3 Å². The summed E-state index contributed by atoms with van der Waals surface area (Å²) in [5, 5.41) is 14.3. The smallest absolute Gasteiger partial charge is 0.305 e. The Kier molecular flexibility index (Phi) is 6.34. The van der Waals surface area contributed by atoms with E-state index in [2.05, 4.69) is 10.3 Å². The number of carbonyl (C=O) groups excluding carboxylic acids is 1. The monoisotopic (exact) mass is 388 g/mol. The van der Waals surface area contributed by atoms with Gasteiger partial charge < -0.3 is 15.2 Å². The zero-order valence-corrected chi connectivity index (χ0v) is 15.6. The van der Waals surface area contributed by atoms with Gasteiger partial charge in [0.15, 0.2) is 0 Å². The van der Waals surface area contributed by atoms with E-state index in [9.17, 15) is 9.59 Å². The molecule has 0 aromatic carbocycles. The van der Waals surface area contributed by atoms with Gasteiger partial charge in [-0.1, -0.05) is 11.6 Å². The molecule has 2 heterocycles. The molecule has 6 nitrogen and oxygen atoms in total. The highest BCUT2D eigenvalue weighted by molar-refractivity contribution is 7.23. The van der Waals surface area contributed by atoms with Gasteiger partial charge in [-0.25, -0.2) is 4.98 Å². The molecule has 1 atom stereocenters. The molecule has 2 aromatic heterocycles. The average molecular weight is 389 g/mol. The number of methoxy groups -OCH3 is 1. The normalized spacial score (nSPS) is 13.5. The highest BCUT2D eigenvalue weighted by Crippen LogP contribution is 2.33. The van der Waals surface area contributed by atoms with E-state index in [-0.39, 0.29) is 25.4 Å². The fraction of sp³-hybridized carbons (Fsp3) is 0.400. The van der Waals surface area contributed by atoms with E-state index in [4.69, 9.17) is 21.4 Å². The van der Waals surface area contributed by atoms with Crippen molar-refractivity contribution in [2.75, 3.05) is 13.7 Å². The fourth-order valence-corrected chi connectivity index (χ4v) is 4.19. The first-order valence-electron chi connectivity index (χ1n) is 7.03. The third kappa shape index (κ3) is 5.27. The minimum absolute atomic E-state index is 0.0779. The Morgan fingerprint density at radius 1 is 1.46 bits per heavy atom. The molecular weight excluding hydrogens is 372 g/mol. The van der Waals surface area contributed by atoms with Crippen molar-refractivity contribution in [3.05, 3.63) is 27.5 Å². The number of rotatable bonds is 8. The van der Waals surface area contributed by atoms with Gasteiger partial charge in [-0.3, -0.25) is 9.59 Å². The maximum absolute atomic E-state index is 12.2. The number of carbonyl (C=O) groups is 2. The van der Waals surface area contributed by atoms with Gasteiger partial charge in [0.25, 0.3) is 0 Å². The van der Waals surface area contributed by atoms with Crippen molar-refractivity contribution in [3.8, 4) is 9.88 Å². The Hall–Kier alpha value is -1.48. The number of aliphatic carboxylic acids is 1. The van der Waals surface area contributed by atoms with Crippen molar-refractivity contribution < 1.29 is 19.4 Å². The van der Waals surface area contributed by atoms with Crippen LogP contribution >= 0.6 is 34.3 Å². The van der Waals surface area contributed by atoms with Gasteiger partial charge in [-0.2, -0.15) is 0 Å². The molecule has 2 N–H and O–H groups in total. The van der Waals surface area contributed by atoms with Gasteiger partial charge >= 0.3 is 5.97 Å². The Labute approximate surface area is 152 Å². The Balaban J connectivity index is 2.01. The van der Waals surface area contributed by atoms with Crippen LogP contribution in [0.4, 0.5) is 0 Å². The molecule has 24 heavy (non-hydrogen) atoms. The Bertz CT molecular complexity index is 731. The molecule has 9 heteroatoms. The zero-order valence-electron chi connectivity index (χ0n) is 13.2. The van der Waals surface area contributed by atoms with Crippen LogP contribution in [0.3, 0.4) is 0 Å². The number of carboxylic acid groups (broad SMARTS) is 1. The van der Waals surface area contributed by atoms with E-state index in [1.807, 2.05) is 11.4 Å². The van der Waals surface area contributed by atoms with Gasteiger partial charge in [0.1, 0.15) is 5.01 Å². The Morgan fingerprint density at radius 3 is 2.79 bits per heavy atom. The van der Waals surface area contributed by atoms with Crippen LogP contribution in [0.5, 0.6) is 0 Å². The summed E-state index contributed by atoms with van der Waals surface area (Å²) in [5.41, 5.74) is -0.329.